The average molecular weight is 335 g/mol. The molecule has 7 nitrogen and oxygen atoms in total. The molecule has 10 heteroatoms. The molecule has 0 saturated carbocycles. The zero-order chi connectivity index (χ0) is 14.7. The third-order valence-corrected chi connectivity index (χ3v) is 3.87. The van der Waals surface area contributed by atoms with Gasteiger partial charge in [-0.05, 0) is 0 Å². The van der Waals surface area contributed by atoms with Gasteiger partial charge in [-0.2, -0.15) is 0 Å². The molecule has 1 aromatic heterocycles. The maximum atomic E-state index is 10.9. The maximum absolute atomic E-state index is 10.9. The Labute approximate surface area is 127 Å². The Balaban J connectivity index is 2.20. The van der Waals surface area contributed by atoms with Crippen LogP contribution in [0.4, 0.5) is 10.8 Å². The van der Waals surface area contributed by atoms with Crippen LogP contribution in [0.5, 0.6) is 5.75 Å². The van der Waals surface area contributed by atoms with E-state index >= 15 is 0 Å². The van der Waals surface area contributed by atoms with E-state index in [2.05, 4.69) is 15.5 Å². The van der Waals surface area contributed by atoms with Crippen molar-refractivity contribution in [2.45, 2.75) is 6.61 Å². The largest absolute Gasteiger partial charge is 0.479 e. The van der Waals surface area contributed by atoms with Gasteiger partial charge in [0.25, 0.3) is 0 Å². The molecule has 106 valence electrons. The SMILES string of the molecule is CNc1nnc(COc2cc(Cl)c(Cl)cc2[N+](=O)[O-])s1. The van der Waals surface area contributed by atoms with Crippen LogP contribution >= 0.6 is 34.5 Å². The molecule has 2 rings (SSSR count). The normalized spacial score (nSPS) is 10.3. The highest BCUT2D eigenvalue weighted by molar-refractivity contribution is 7.15. The molecule has 0 bridgehead atoms. The number of halogens is 2. The van der Waals surface area contributed by atoms with Crippen molar-refractivity contribution in [3.05, 3.63) is 37.3 Å². The molecule has 1 heterocycles. The van der Waals surface area contributed by atoms with Gasteiger partial charge < -0.3 is 10.1 Å². The van der Waals surface area contributed by atoms with Gasteiger partial charge in [-0.25, -0.2) is 0 Å². The molecule has 0 fully saturated rings. The van der Waals surface area contributed by atoms with E-state index in [-0.39, 0.29) is 28.1 Å². The van der Waals surface area contributed by atoms with Crippen LogP contribution in [0.15, 0.2) is 12.1 Å². The van der Waals surface area contributed by atoms with Crippen molar-refractivity contribution >= 4 is 45.4 Å². The third kappa shape index (κ3) is 3.27. The summed E-state index contributed by atoms with van der Waals surface area (Å²) < 4.78 is 5.37. The minimum absolute atomic E-state index is 0.0330. The Morgan fingerprint density at radius 3 is 2.70 bits per heavy atom. The fraction of sp³-hybridized carbons (Fsp3) is 0.200. The van der Waals surface area contributed by atoms with Crippen LogP contribution in [0, 0.1) is 10.1 Å². The van der Waals surface area contributed by atoms with Crippen molar-refractivity contribution < 1.29 is 9.66 Å². The number of nitro benzene ring substituents is 1. The van der Waals surface area contributed by atoms with Crippen molar-refractivity contribution in [2.75, 3.05) is 12.4 Å². The first-order chi connectivity index (χ1) is 9.51. The summed E-state index contributed by atoms with van der Waals surface area (Å²) in [6.45, 7) is 0.0537. The highest BCUT2D eigenvalue weighted by Gasteiger charge is 2.19. The van der Waals surface area contributed by atoms with Crippen molar-refractivity contribution in [1.82, 2.24) is 10.2 Å². The van der Waals surface area contributed by atoms with Crippen molar-refractivity contribution in [1.29, 1.82) is 0 Å². The number of benzene rings is 1. The van der Waals surface area contributed by atoms with E-state index in [9.17, 15) is 10.1 Å². The van der Waals surface area contributed by atoms with E-state index in [0.717, 1.165) is 6.07 Å². The van der Waals surface area contributed by atoms with Crippen LogP contribution in [-0.2, 0) is 6.61 Å². The van der Waals surface area contributed by atoms with Crippen LogP contribution in [0.3, 0.4) is 0 Å². The summed E-state index contributed by atoms with van der Waals surface area (Å²) in [5.74, 6) is 0.0330. The second-order valence-corrected chi connectivity index (χ2v) is 5.41. The molecule has 1 aromatic carbocycles. The van der Waals surface area contributed by atoms with Gasteiger partial charge in [-0.15, -0.1) is 10.2 Å². The third-order valence-electron chi connectivity index (χ3n) is 2.23. The van der Waals surface area contributed by atoms with Gasteiger partial charge >= 0.3 is 5.69 Å². The molecule has 0 saturated heterocycles. The summed E-state index contributed by atoms with van der Waals surface area (Å²) in [4.78, 5) is 10.3. The number of nitrogens with one attached hydrogen (secondary N) is 1. The summed E-state index contributed by atoms with van der Waals surface area (Å²) >= 11 is 12.9. The van der Waals surface area contributed by atoms with Gasteiger partial charge in [-0.3, -0.25) is 10.1 Å². The molecule has 2 aromatic rings. The standard InChI is InChI=1S/C10H8Cl2N4O3S/c1-13-10-15-14-9(20-10)4-19-8-3-6(12)5(11)2-7(8)16(17)18/h2-3H,4H2,1H3,(H,13,15). The lowest BCUT2D eigenvalue weighted by Crippen LogP contribution is -1.99. The van der Waals surface area contributed by atoms with E-state index in [1.165, 1.54) is 17.4 Å². The van der Waals surface area contributed by atoms with Crippen molar-refractivity contribution in [2.24, 2.45) is 0 Å². The molecule has 0 aliphatic carbocycles. The van der Waals surface area contributed by atoms with E-state index < -0.39 is 4.92 Å². The highest BCUT2D eigenvalue weighted by Crippen LogP contribution is 2.36. The minimum Gasteiger partial charge on any atom is -0.479 e. The Hall–Kier alpha value is -1.64. The summed E-state index contributed by atoms with van der Waals surface area (Å²) in [5, 5.41) is 23.0. The summed E-state index contributed by atoms with van der Waals surface area (Å²) in [7, 11) is 1.72. The summed E-state index contributed by atoms with van der Waals surface area (Å²) in [5.41, 5.74) is -0.252. The van der Waals surface area contributed by atoms with Crippen LogP contribution in [0.1, 0.15) is 5.01 Å². The highest BCUT2D eigenvalue weighted by atomic mass is 35.5. The molecule has 0 radical (unpaired) electrons. The van der Waals surface area contributed by atoms with Gasteiger partial charge in [0.05, 0.1) is 15.0 Å². The number of rotatable bonds is 5. The Morgan fingerprint density at radius 2 is 2.10 bits per heavy atom. The molecular formula is C10H8Cl2N4O3S. The first-order valence-electron chi connectivity index (χ1n) is 5.27. The molecular weight excluding hydrogens is 327 g/mol. The van der Waals surface area contributed by atoms with Gasteiger partial charge in [0, 0.05) is 19.2 Å². The maximum Gasteiger partial charge on any atom is 0.312 e. The Morgan fingerprint density at radius 1 is 1.40 bits per heavy atom. The molecule has 1 N–H and O–H groups in total. The van der Waals surface area contributed by atoms with Crippen molar-refractivity contribution in [3.63, 3.8) is 0 Å². The Kier molecular flexibility index (Phi) is 4.58. The molecule has 0 amide bonds. The monoisotopic (exact) mass is 334 g/mol. The number of aromatic nitrogens is 2. The van der Waals surface area contributed by atoms with Gasteiger partial charge in [0.2, 0.25) is 5.13 Å². The zero-order valence-corrected chi connectivity index (χ0v) is 12.4. The summed E-state index contributed by atoms with van der Waals surface area (Å²) in [6, 6.07) is 2.46. The smallest absolute Gasteiger partial charge is 0.312 e. The minimum atomic E-state index is -0.587. The number of hydrogen-bond acceptors (Lipinski definition) is 7. The number of ether oxygens (including phenoxy) is 1. The zero-order valence-electron chi connectivity index (χ0n) is 10.1. The topological polar surface area (TPSA) is 90.2 Å². The second-order valence-electron chi connectivity index (χ2n) is 3.53. The predicted octanol–water partition coefficient (Wildman–Crippen LogP) is 3.37. The number of hydrogen-bond donors (Lipinski definition) is 1. The first kappa shape index (κ1) is 14.8. The fourth-order valence-electron chi connectivity index (χ4n) is 1.33. The number of nitro groups is 1. The Bertz CT molecular complexity index is 649. The molecule has 0 spiro atoms. The fourth-order valence-corrected chi connectivity index (χ4v) is 2.25. The molecule has 0 unspecified atom stereocenters. The average Bonchev–Trinajstić information content (AvgIpc) is 2.87. The van der Waals surface area contributed by atoms with Crippen LogP contribution in [-0.4, -0.2) is 22.2 Å². The number of nitrogens with zero attached hydrogens (tertiary/aromatic N) is 3. The summed E-state index contributed by atoms with van der Waals surface area (Å²) in [6.07, 6.45) is 0. The van der Waals surface area contributed by atoms with Crippen LogP contribution < -0.4 is 10.1 Å². The quantitative estimate of drug-likeness (QED) is 0.665. The lowest BCUT2D eigenvalue weighted by atomic mass is 10.3. The van der Waals surface area contributed by atoms with E-state index in [0.29, 0.717) is 10.1 Å². The predicted molar refractivity (Wildman–Crippen MR) is 76.9 cm³/mol. The molecule has 0 aliphatic rings. The van der Waals surface area contributed by atoms with Gasteiger partial charge in [0.1, 0.15) is 6.61 Å². The van der Waals surface area contributed by atoms with E-state index in [1.54, 1.807) is 7.05 Å². The molecule has 0 aliphatic heterocycles. The second kappa shape index (κ2) is 6.21. The van der Waals surface area contributed by atoms with E-state index in [1.807, 2.05) is 0 Å². The number of anilines is 1. The van der Waals surface area contributed by atoms with Crippen molar-refractivity contribution in [3.8, 4) is 5.75 Å². The molecule has 0 atom stereocenters. The lowest BCUT2D eigenvalue weighted by molar-refractivity contribution is -0.385. The molecule has 20 heavy (non-hydrogen) atoms. The van der Waals surface area contributed by atoms with Crippen LogP contribution in [0.2, 0.25) is 10.0 Å². The van der Waals surface area contributed by atoms with Gasteiger partial charge in [0.15, 0.2) is 10.8 Å². The first-order valence-corrected chi connectivity index (χ1v) is 6.85. The van der Waals surface area contributed by atoms with E-state index in [4.69, 9.17) is 27.9 Å². The lowest BCUT2D eigenvalue weighted by Gasteiger charge is -2.06. The van der Waals surface area contributed by atoms with Gasteiger partial charge in [-0.1, -0.05) is 34.5 Å². The van der Waals surface area contributed by atoms with Crippen LogP contribution in [0.25, 0.3) is 0 Å².